The fourth-order valence-corrected chi connectivity index (χ4v) is 5.92. The summed E-state index contributed by atoms with van der Waals surface area (Å²) in [4.78, 5) is 47.1. The topological polar surface area (TPSA) is 82.5 Å². The van der Waals surface area contributed by atoms with Crippen LogP contribution in [0.1, 0.15) is 89.2 Å². The molecule has 244 valence electrons. The molecule has 3 aromatic rings. The van der Waals surface area contributed by atoms with Crippen LogP contribution < -0.4 is 14.9 Å². The van der Waals surface area contributed by atoms with Crippen LogP contribution >= 0.6 is 34.8 Å². The number of halogens is 3. The Morgan fingerprint density at radius 2 is 1.57 bits per heavy atom. The lowest BCUT2D eigenvalue weighted by Gasteiger charge is -2.32. The number of hydrogen-bond acceptors (Lipinski definition) is 5. The summed E-state index contributed by atoms with van der Waals surface area (Å²) in [7, 11) is 1.52. The molecule has 8 nitrogen and oxygen atoms in total. The SMILES string of the molecule is CCC(C)(C)c1ccc(ON(C(C)=O)c2cccc(C(=O)N(C)C3=NN(c4c(Cl)cc(Cl)cc4Cl)C(=O)C3)c2)c(C(C)(C)CC)c1. The lowest BCUT2D eigenvalue weighted by atomic mass is 9.76. The summed E-state index contributed by atoms with van der Waals surface area (Å²) < 4.78 is 0. The summed E-state index contributed by atoms with van der Waals surface area (Å²) in [6.07, 6.45) is 1.67. The first-order valence-corrected chi connectivity index (χ1v) is 16.2. The maximum Gasteiger partial charge on any atom is 0.259 e. The number of carbonyl (C=O) groups is 3. The molecule has 4 rings (SSSR count). The van der Waals surface area contributed by atoms with Gasteiger partial charge in [0.05, 0.1) is 22.2 Å². The summed E-state index contributed by atoms with van der Waals surface area (Å²) in [5.41, 5.74) is 2.73. The molecular formula is C35H39Cl3N4O4. The number of amides is 3. The Labute approximate surface area is 285 Å². The number of rotatable bonds is 9. The molecule has 0 fully saturated rings. The van der Waals surface area contributed by atoms with Gasteiger partial charge in [-0.15, -0.1) is 5.06 Å². The third kappa shape index (κ3) is 7.19. The van der Waals surface area contributed by atoms with E-state index in [1.54, 1.807) is 24.3 Å². The molecule has 0 saturated carbocycles. The van der Waals surface area contributed by atoms with Gasteiger partial charge in [0, 0.05) is 30.1 Å². The van der Waals surface area contributed by atoms with E-state index in [2.05, 4.69) is 52.7 Å². The van der Waals surface area contributed by atoms with E-state index in [-0.39, 0.29) is 50.3 Å². The van der Waals surface area contributed by atoms with Gasteiger partial charge in [0.1, 0.15) is 11.5 Å². The molecule has 11 heteroatoms. The first kappa shape index (κ1) is 35.3. The van der Waals surface area contributed by atoms with E-state index in [1.807, 2.05) is 12.1 Å². The van der Waals surface area contributed by atoms with Crippen molar-refractivity contribution in [2.75, 3.05) is 17.1 Å². The van der Waals surface area contributed by atoms with Crippen molar-refractivity contribution >= 4 is 69.7 Å². The number of carbonyl (C=O) groups excluding carboxylic acids is 3. The highest BCUT2D eigenvalue weighted by Crippen LogP contribution is 2.40. The first-order valence-electron chi connectivity index (χ1n) is 15.1. The molecule has 3 amide bonds. The first-order chi connectivity index (χ1) is 21.5. The second-order valence-corrected chi connectivity index (χ2v) is 13.9. The molecule has 1 aliphatic heterocycles. The zero-order valence-electron chi connectivity index (χ0n) is 27.4. The minimum atomic E-state index is -0.439. The predicted octanol–water partition coefficient (Wildman–Crippen LogP) is 9.19. The van der Waals surface area contributed by atoms with Crippen molar-refractivity contribution in [3.63, 3.8) is 0 Å². The number of hydrazone groups is 1. The minimum Gasteiger partial charge on any atom is -0.372 e. The fraction of sp³-hybridized carbons (Fsp3) is 0.371. The molecule has 46 heavy (non-hydrogen) atoms. The van der Waals surface area contributed by atoms with E-state index >= 15 is 0 Å². The maximum absolute atomic E-state index is 13.6. The van der Waals surface area contributed by atoms with Crippen molar-refractivity contribution in [3.8, 4) is 5.75 Å². The predicted molar refractivity (Wildman–Crippen MR) is 186 cm³/mol. The van der Waals surface area contributed by atoms with Gasteiger partial charge in [-0.25, -0.2) is 0 Å². The standard InChI is InChI=1S/C35H39Cl3N4O4/c1-9-34(4,5)23-14-15-29(26(17-23)35(6,7)10-2)46-42(21(3)43)25-13-11-12-22(16-25)33(45)40(8)30-20-31(44)41(39-30)32-27(37)18-24(36)19-28(32)38/h11-19H,9-10,20H2,1-8H3. The lowest BCUT2D eigenvalue weighted by molar-refractivity contribution is -0.120. The molecule has 0 aromatic heterocycles. The van der Waals surface area contributed by atoms with Gasteiger partial charge < -0.3 is 4.84 Å². The Kier molecular flexibility index (Phi) is 10.5. The Hall–Kier alpha value is -3.59. The zero-order chi connectivity index (χ0) is 34.1. The molecule has 3 aromatic carbocycles. The number of hydroxylamine groups is 1. The second-order valence-electron chi connectivity index (χ2n) is 12.6. The van der Waals surface area contributed by atoms with Crippen molar-refractivity contribution in [2.24, 2.45) is 5.10 Å². The van der Waals surface area contributed by atoms with E-state index < -0.39 is 11.8 Å². The van der Waals surface area contributed by atoms with Crippen LogP contribution in [0.15, 0.2) is 59.7 Å². The zero-order valence-corrected chi connectivity index (χ0v) is 29.6. The Morgan fingerprint density at radius 3 is 2.15 bits per heavy atom. The highest BCUT2D eigenvalue weighted by atomic mass is 35.5. The fourth-order valence-electron chi connectivity index (χ4n) is 4.94. The quantitative estimate of drug-likeness (QED) is 0.210. The molecule has 0 unspecified atom stereocenters. The smallest absolute Gasteiger partial charge is 0.259 e. The summed E-state index contributed by atoms with van der Waals surface area (Å²) in [5, 5.41) is 7.23. The summed E-state index contributed by atoms with van der Waals surface area (Å²) in [6, 6.07) is 15.6. The number of benzene rings is 3. The number of hydrogen-bond donors (Lipinski definition) is 0. The number of nitrogens with zero attached hydrogens (tertiary/aromatic N) is 4. The van der Waals surface area contributed by atoms with E-state index in [0.717, 1.165) is 23.4 Å². The molecule has 0 N–H and O–H groups in total. The van der Waals surface area contributed by atoms with Gasteiger partial charge >= 0.3 is 0 Å². The van der Waals surface area contributed by atoms with Crippen LogP contribution in [0.2, 0.25) is 15.1 Å². The summed E-state index contributed by atoms with van der Waals surface area (Å²) in [5.74, 6) is -0.459. The Morgan fingerprint density at radius 1 is 0.935 bits per heavy atom. The van der Waals surface area contributed by atoms with Crippen LogP contribution in [0.3, 0.4) is 0 Å². The average molecular weight is 686 g/mol. The average Bonchev–Trinajstić information content (AvgIpc) is 3.39. The van der Waals surface area contributed by atoms with Crippen molar-refractivity contribution in [2.45, 2.75) is 78.6 Å². The van der Waals surface area contributed by atoms with Gasteiger partial charge in [0.15, 0.2) is 5.75 Å². The van der Waals surface area contributed by atoms with Crippen LogP contribution in [-0.2, 0) is 20.4 Å². The van der Waals surface area contributed by atoms with Crippen molar-refractivity contribution < 1.29 is 19.2 Å². The highest BCUT2D eigenvalue weighted by molar-refractivity contribution is 6.42. The normalized spacial score (nSPS) is 13.5. The van der Waals surface area contributed by atoms with Crippen LogP contribution in [-0.4, -0.2) is 35.5 Å². The third-order valence-corrected chi connectivity index (χ3v) is 9.50. The molecule has 1 aliphatic rings. The Balaban J connectivity index is 1.65. The summed E-state index contributed by atoms with van der Waals surface area (Å²) >= 11 is 18.7. The van der Waals surface area contributed by atoms with Crippen molar-refractivity contribution in [3.05, 3.63) is 86.4 Å². The number of amidine groups is 1. The maximum atomic E-state index is 13.6. The van der Waals surface area contributed by atoms with Crippen LogP contribution in [0, 0.1) is 0 Å². The van der Waals surface area contributed by atoms with Gasteiger partial charge in [-0.2, -0.15) is 10.1 Å². The molecule has 1 heterocycles. The van der Waals surface area contributed by atoms with Crippen LogP contribution in [0.25, 0.3) is 0 Å². The lowest BCUT2D eigenvalue weighted by Crippen LogP contribution is -2.35. The molecular weight excluding hydrogens is 647 g/mol. The van der Waals surface area contributed by atoms with E-state index in [9.17, 15) is 14.4 Å². The monoisotopic (exact) mass is 684 g/mol. The van der Waals surface area contributed by atoms with Gasteiger partial charge in [-0.3, -0.25) is 19.3 Å². The second kappa shape index (κ2) is 13.6. The minimum absolute atomic E-state index is 0.0311. The van der Waals surface area contributed by atoms with E-state index in [0.29, 0.717) is 16.5 Å². The van der Waals surface area contributed by atoms with Crippen molar-refractivity contribution in [1.82, 2.24) is 4.90 Å². The van der Waals surface area contributed by atoms with Crippen molar-refractivity contribution in [1.29, 1.82) is 0 Å². The highest BCUT2D eigenvalue weighted by Gasteiger charge is 2.33. The van der Waals surface area contributed by atoms with E-state index in [1.165, 1.54) is 41.6 Å². The Bertz CT molecular complexity index is 1700. The van der Waals surface area contributed by atoms with Gasteiger partial charge in [-0.1, -0.05) is 94.5 Å². The van der Waals surface area contributed by atoms with Crippen LogP contribution in [0.5, 0.6) is 5.75 Å². The van der Waals surface area contributed by atoms with E-state index in [4.69, 9.17) is 39.6 Å². The van der Waals surface area contributed by atoms with Gasteiger partial charge in [-0.05, 0) is 65.6 Å². The molecule has 0 saturated heterocycles. The summed E-state index contributed by atoms with van der Waals surface area (Å²) in [6.45, 7) is 14.4. The largest absolute Gasteiger partial charge is 0.372 e. The van der Waals surface area contributed by atoms with Gasteiger partial charge in [0.2, 0.25) is 0 Å². The number of anilines is 2. The third-order valence-electron chi connectivity index (χ3n) is 8.71. The van der Waals surface area contributed by atoms with Gasteiger partial charge in [0.25, 0.3) is 17.7 Å². The molecule has 0 spiro atoms. The molecule has 0 atom stereocenters. The molecule has 0 bridgehead atoms. The molecule has 0 radical (unpaired) electrons. The molecule has 0 aliphatic carbocycles. The van der Waals surface area contributed by atoms with Crippen LogP contribution in [0.4, 0.5) is 11.4 Å².